The van der Waals surface area contributed by atoms with Gasteiger partial charge in [0.2, 0.25) is 0 Å². The molecule has 0 bridgehead atoms. The first-order chi connectivity index (χ1) is 8.11. The van der Waals surface area contributed by atoms with Gasteiger partial charge in [-0.25, -0.2) is 4.68 Å². The number of hydrogen-bond donors (Lipinski definition) is 1. The minimum atomic E-state index is 0.632. The summed E-state index contributed by atoms with van der Waals surface area (Å²) in [5, 5.41) is 8.82. The summed E-state index contributed by atoms with van der Waals surface area (Å²) >= 11 is 12.1. The maximum Gasteiger partial charge on any atom is 0.0846 e. The molecule has 0 fully saturated rings. The maximum absolute atomic E-state index is 6.13. The van der Waals surface area contributed by atoms with Crippen molar-refractivity contribution < 1.29 is 0 Å². The molecule has 0 aliphatic rings. The zero-order valence-corrected chi connectivity index (χ0v) is 11.2. The average molecular weight is 270 g/mol. The van der Waals surface area contributed by atoms with Gasteiger partial charge in [-0.2, -0.15) is 5.10 Å². The second-order valence-corrected chi connectivity index (χ2v) is 4.65. The van der Waals surface area contributed by atoms with Gasteiger partial charge in [-0.05, 0) is 32.2 Å². The molecule has 2 rings (SSSR count). The van der Waals surface area contributed by atoms with Gasteiger partial charge in [0.1, 0.15) is 0 Å². The van der Waals surface area contributed by atoms with Crippen molar-refractivity contribution in [3.63, 3.8) is 0 Å². The van der Waals surface area contributed by atoms with Crippen molar-refractivity contribution in [3.8, 4) is 5.69 Å². The zero-order valence-electron chi connectivity index (χ0n) is 9.67. The van der Waals surface area contributed by atoms with Gasteiger partial charge in [0.05, 0.1) is 16.4 Å². The zero-order chi connectivity index (χ0) is 12.4. The Kier molecular flexibility index (Phi) is 3.72. The highest BCUT2D eigenvalue weighted by atomic mass is 35.5. The lowest BCUT2D eigenvalue weighted by Gasteiger charge is -2.04. The quantitative estimate of drug-likeness (QED) is 0.928. The third kappa shape index (κ3) is 2.63. The molecule has 1 heterocycles. The Morgan fingerprint density at radius 1 is 1.35 bits per heavy atom. The molecular weight excluding hydrogens is 257 g/mol. The van der Waals surface area contributed by atoms with Gasteiger partial charge in [-0.3, -0.25) is 0 Å². The fourth-order valence-electron chi connectivity index (χ4n) is 1.64. The molecule has 0 saturated carbocycles. The highest BCUT2D eigenvalue weighted by Crippen LogP contribution is 2.24. The van der Waals surface area contributed by atoms with Crippen LogP contribution in [0.25, 0.3) is 5.69 Å². The fraction of sp³-hybridized carbons (Fsp3) is 0.250. The van der Waals surface area contributed by atoms with E-state index in [1.807, 2.05) is 20.2 Å². The first-order valence-electron chi connectivity index (χ1n) is 5.27. The summed E-state index contributed by atoms with van der Waals surface area (Å²) < 4.78 is 1.76. The van der Waals surface area contributed by atoms with Crippen LogP contribution in [-0.4, -0.2) is 16.8 Å². The first kappa shape index (κ1) is 12.4. The smallest absolute Gasteiger partial charge is 0.0846 e. The first-order valence-corrected chi connectivity index (χ1v) is 6.02. The SMILES string of the molecule is CNCc1cn(-c2cc(Cl)ccc2Cl)nc1C. The highest BCUT2D eigenvalue weighted by Gasteiger charge is 2.08. The van der Waals surface area contributed by atoms with Crippen LogP contribution in [0.15, 0.2) is 24.4 Å². The summed E-state index contributed by atoms with van der Waals surface area (Å²) in [6.45, 7) is 2.76. The lowest BCUT2D eigenvalue weighted by molar-refractivity contribution is 0.812. The van der Waals surface area contributed by atoms with Crippen molar-refractivity contribution in [3.05, 3.63) is 45.7 Å². The molecule has 1 aromatic carbocycles. The van der Waals surface area contributed by atoms with Gasteiger partial charge in [0.25, 0.3) is 0 Å². The van der Waals surface area contributed by atoms with Crippen LogP contribution in [0.3, 0.4) is 0 Å². The van der Waals surface area contributed by atoms with Gasteiger partial charge in [0.15, 0.2) is 0 Å². The predicted molar refractivity (Wildman–Crippen MR) is 71.1 cm³/mol. The number of aromatic nitrogens is 2. The molecule has 0 amide bonds. The minimum Gasteiger partial charge on any atom is -0.316 e. The Labute approximate surface area is 110 Å². The van der Waals surface area contributed by atoms with Crippen molar-refractivity contribution in [2.24, 2.45) is 0 Å². The van der Waals surface area contributed by atoms with E-state index in [-0.39, 0.29) is 0 Å². The number of halogens is 2. The molecular formula is C12H13Cl2N3. The van der Waals surface area contributed by atoms with Crippen LogP contribution in [0.4, 0.5) is 0 Å². The van der Waals surface area contributed by atoms with Crippen molar-refractivity contribution in [1.82, 2.24) is 15.1 Å². The monoisotopic (exact) mass is 269 g/mol. The van der Waals surface area contributed by atoms with E-state index in [2.05, 4.69) is 10.4 Å². The Morgan fingerprint density at radius 3 is 2.82 bits per heavy atom. The molecule has 0 atom stereocenters. The van der Waals surface area contributed by atoms with Crippen molar-refractivity contribution >= 4 is 23.2 Å². The molecule has 0 saturated heterocycles. The third-order valence-electron chi connectivity index (χ3n) is 2.52. The number of benzene rings is 1. The molecule has 2 aromatic rings. The van der Waals surface area contributed by atoms with E-state index in [1.165, 1.54) is 0 Å². The van der Waals surface area contributed by atoms with Crippen LogP contribution in [0, 0.1) is 6.92 Å². The van der Waals surface area contributed by atoms with E-state index in [1.54, 1.807) is 22.9 Å². The third-order valence-corrected chi connectivity index (χ3v) is 3.08. The van der Waals surface area contributed by atoms with Crippen molar-refractivity contribution in [2.45, 2.75) is 13.5 Å². The Morgan fingerprint density at radius 2 is 2.12 bits per heavy atom. The van der Waals surface area contributed by atoms with Crippen LogP contribution >= 0.6 is 23.2 Å². The number of nitrogens with zero attached hydrogens (tertiary/aromatic N) is 2. The van der Waals surface area contributed by atoms with Crippen LogP contribution in [0.5, 0.6) is 0 Å². The van der Waals surface area contributed by atoms with Crippen LogP contribution in [0.1, 0.15) is 11.3 Å². The summed E-state index contributed by atoms with van der Waals surface area (Å²) in [6, 6.07) is 5.34. The molecule has 1 N–H and O–H groups in total. The van der Waals surface area contributed by atoms with Crippen molar-refractivity contribution in [1.29, 1.82) is 0 Å². The van der Waals surface area contributed by atoms with E-state index in [9.17, 15) is 0 Å². The van der Waals surface area contributed by atoms with E-state index in [0.29, 0.717) is 10.0 Å². The summed E-state index contributed by atoms with van der Waals surface area (Å²) in [7, 11) is 1.91. The molecule has 0 radical (unpaired) electrons. The maximum atomic E-state index is 6.13. The molecule has 0 unspecified atom stereocenters. The summed E-state index contributed by atoms with van der Waals surface area (Å²) in [5.41, 5.74) is 2.92. The largest absolute Gasteiger partial charge is 0.316 e. The molecule has 0 spiro atoms. The predicted octanol–water partition coefficient (Wildman–Crippen LogP) is 3.21. The molecule has 5 heteroatoms. The van der Waals surface area contributed by atoms with Gasteiger partial charge < -0.3 is 5.32 Å². The Hall–Kier alpha value is -1.03. The van der Waals surface area contributed by atoms with Gasteiger partial charge in [0, 0.05) is 23.3 Å². The van der Waals surface area contributed by atoms with E-state index >= 15 is 0 Å². The van der Waals surface area contributed by atoms with Crippen LogP contribution < -0.4 is 5.32 Å². The molecule has 90 valence electrons. The number of nitrogens with one attached hydrogen (secondary N) is 1. The lowest BCUT2D eigenvalue weighted by atomic mass is 10.2. The number of rotatable bonds is 3. The van der Waals surface area contributed by atoms with Crippen molar-refractivity contribution in [2.75, 3.05) is 7.05 Å². The second kappa shape index (κ2) is 5.08. The van der Waals surface area contributed by atoms with E-state index in [0.717, 1.165) is 23.5 Å². The normalized spacial score (nSPS) is 10.8. The fourth-order valence-corrected chi connectivity index (χ4v) is 2.02. The van der Waals surface area contributed by atoms with E-state index in [4.69, 9.17) is 23.2 Å². The minimum absolute atomic E-state index is 0.632. The number of hydrogen-bond acceptors (Lipinski definition) is 2. The second-order valence-electron chi connectivity index (χ2n) is 3.81. The van der Waals surface area contributed by atoms with Gasteiger partial charge in [-0.15, -0.1) is 0 Å². The molecule has 0 aliphatic heterocycles. The van der Waals surface area contributed by atoms with Crippen LogP contribution in [-0.2, 0) is 6.54 Å². The summed E-state index contributed by atoms with van der Waals surface area (Å²) in [4.78, 5) is 0. The van der Waals surface area contributed by atoms with E-state index < -0.39 is 0 Å². The summed E-state index contributed by atoms with van der Waals surface area (Å²) in [6.07, 6.45) is 1.96. The topological polar surface area (TPSA) is 29.9 Å². The molecule has 17 heavy (non-hydrogen) atoms. The standard InChI is InChI=1S/C12H13Cl2N3/c1-8-9(6-15-2)7-17(16-8)12-5-10(13)3-4-11(12)14/h3-5,7,15H,6H2,1-2H3. The highest BCUT2D eigenvalue weighted by molar-refractivity contribution is 6.34. The van der Waals surface area contributed by atoms with Gasteiger partial charge >= 0.3 is 0 Å². The van der Waals surface area contributed by atoms with Crippen LogP contribution in [0.2, 0.25) is 10.0 Å². The molecule has 0 aliphatic carbocycles. The summed E-state index contributed by atoms with van der Waals surface area (Å²) in [5.74, 6) is 0. The molecule has 3 nitrogen and oxygen atoms in total. The number of aryl methyl sites for hydroxylation is 1. The lowest BCUT2D eigenvalue weighted by Crippen LogP contribution is -2.05. The van der Waals surface area contributed by atoms with Gasteiger partial charge in [-0.1, -0.05) is 23.2 Å². The Bertz CT molecular complexity index is 535. The average Bonchev–Trinajstić information content (AvgIpc) is 2.64. The Balaban J connectivity index is 2.45. The molecule has 1 aromatic heterocycles.